The van der Waals surface area contributed by atoms with Crippen molar-refractivity contribution in [1.82, 2.24) is 14.5 Å². The molecule has 0 amide bonds. The molecule has 1 rings (SSSR count). The van der Waals surface area contributed by atoms with Gasteiger partial charge < -0.3 is 15.0 Å². The Morgan fingerprint density at radius 1 is 1.24 bits per heavy atom. The second-order valence-electron chi connectivity index (χ2n) is 5.15. The minimum Gasteiger partial charge on any atom is -0.465 e. The van der Waals surface area contributed by atoms with Gasteiger partial charge in [0.2, 0.25) is 10.0 Å². The van der Waals surface area contributed by atoms with Crippen LogP contribution in [0.15, 0.2) is 0 Å². The van der Waals surface area contributed by atoms with Crippen molar-refractivity contribution in [3.8, 4) is 0 Å². The Balaban J connectivity index is 2.39. The van der Waals surface area contributed by atoms with Gasteiger partial charge in [0.25, 0.3) is 0 Å². The van der Waals surface area contributed by atoms with Crippen LogP contribution in [0.3, 0.4) is 0 Å². The lowest BCUT2D eigenvalue weighted by molar-refractivity contribution is -0.145. The van der Waals surface area contributed by atoms with Crippen molar-refractivity contribution in [3.63, 3.8) is 0 Å². The summed E-state index contributed by atoms with van der Waals surface area (Å²) in [6.07, 6.45) is 1.91. The topological polar surface area (TPSA) is 79.0 Å². The lowest BCUT2D eigenvalue weighted by atomic mass is 10.2. The van der Waals surface area contributed by atoms with Crippen molar-refractivity contribution >= 4 is 16.0 Å². The summed E-state index contributed by atoms with van der Waals surface area (Å²) >= 11 is 0. The molecule has 0 saturated carbocycles. The van der Waals surface area contributed by atoms with Gasteiger partial charge in [0.1, 0.15) is 6.04 Å². The number of carbonyl (C=O) groups excluding carboxylic acids is 1. The van der Waals surface area contributed by atoms with E-state index in [1.165, 1.54) is 10.6 Å². The van der Waals surface area contributed by atoms with Gasteiger partial charge in [-0.1, -0.05) is 6.92 Å². The number of nitrogens with one attached hydrogen (secondary N) is 1. The second-order valence-corrected chi connectivity index (χ2v) is 7.14. The maximum atomic E-state index is 11.8. The number of likely N-dealkylation sites (N-methyl/N-ethyl adjacent to an activating group) is 1. The molecule has 21 heavy (non-hydrogen) atoms. The van der Waals surface area contributed by atoms with E-state index in [9.17, 15) is 13.2 Å². The Kier molecular flexibility index (Phi) is 7.58. The van der Waals surface area contributed by atoms with Crippen LogP contribution in [0.1, 0.15) is 20.3 Å². The molecule has 0 aromatic rings. The third-order valence-corrected chi connectivity index (χ3v) is 4.86. The Hall–Kier alpha value is -0.700. The van der Waals surface area contributed by atoms with Crippen LogP contribution in [0.4, 0.5) is 0 Å². The fourth-order valence-electron chi connectivity index (χ4n) is 2.39. The van der Waals surface area contributed by atoms with E-state index < -0.39 is 10.0 Å². The summed E-state index contributed by atoms with van der Waals surface area (Å²) in [7, 11) is -3.09. The summed E-state index contributed by atoms with van der Waals surface area (Å²) in [5.41, 5.74) is 0. The smallest absolute Gasteiger partial charge is 0.323 e. The summed E-state index contributed by atoms with van der Waals surface area (Å²) in [5.74, 6) is -0.214. The highest BCUT2D eigenvalue weighted by Gasteiger charge is 2.25. The predicted molar refractivity (Wildman–Crippen MR) is 81.6 cm³/mol. The average Bonchev–Trinajstić information content (AvgIpc) is 2.43. The standard InChI is InChI=1S/C13H27N3O4S/c1-4-14-12(13(17)20-5-2)6-7-15-8-10-16(11-9-15)21(3,18)19/h12,14H,4-11H2,1-3H3. The molecule has 0 radical (unpaired) electrons. The summed E-state index contributed by atoms with van der Waals surface area (Å²) < 4.78 is 29.4. The first-order valence-electron chi connectivity index (χ1n) is 7.46. The van der Waals surface area contributed by atoms with Gasteiger partial charge in [-0.25, -0.2) is 8.42 Å². The molecule has 1 saturated heterocycles. The number of rotatable bonds is 8. The van der Waals surface area contributed by atoms with Crippen molar-refractivity contribution in [3.05, 3.63) is 0 Å². The normalized spacial score (nSPS) is 19.4. The maximum Gasteiger partial charge on any atom is 0.323 e. The van der Waals surface area contributed by atoms with Crippen LogP contribution >= 0.6 is 0 Å². The van der Waals surface area contributed by atoms with E-state index in [-0.39, 0.29) is 12.0 Å². The van der Waals surface area contributed by atoms with Crippen molar-refractivity contribution < 1.29 is 17.9 Å². The highest BCUT2D eigenvalue weighted by Crippen LogP contribution is 2.07. The van der Waals surface area contributed by atoms with Gasteiger partial charge in [-0.3, -0.25) is 4.79 Å². The monoisotopic (exact) mass is 321 g/mol. The molecule has 1 aliphatic rings. The maximum absolute atomic E-state index is 11.8. The summed E-state index contributed by atoms with van der Waals surface area (Å²) in [6.45, 7) is 8.05. The predicted octanol–water partition coefficient (Wildman–Crippen LogP) is -0.505. The Bertz CT molecular complexity index is 419. The number of sulfonamides is 1. The van der Waals surface area contributed by atoms with Gasteiger partial charge in [-0.05, 0) is 19.9 Å². The van der Waals surface area contributed by atoms with Crippen LogP contribution in [0.2, 0.25) is 0 Å². The van der Waals surface area contributed by atoms with Gasteiger partial charge in [0.15, 0.2) is 0 Å². The molecule has 1 heterocycles. The first kappa shape index (κ1) is 18.3. The lowest BCUT2D eigenvalue weighted by Crippen LogP contribution is -2.49. The zero-order valence-electron chi connectivity index (χ0n) is 13.2. The molecule has 7 nitrogen and oxygen atoms in total. The van der Waals surface area contributed by atoms with E-state index in [0.29, 0.717) is 45.8 Å². The van der Waals surface area contributed by atoms with E-state index >= 15 is 0 Å². The zero-order chi connectivity index (χ0) is 15.9. The van der Waals surface area contributed by atoms with E-state index in [0.717, 1.165) is 6.54 Å². The fraction of sp³-hybridized carbons (Fsp3) is 0.923. The zero-order valence-corrected chi connectivity index (χ0v) is 14.0. The minimum absolute atomic E-state index is 0.214. The molecule has 0 spiro atoms. The molecule has 0 bridgehead atoms. The SMILES string of the molecule is CCNC(CCN1CCN(S(C)(=O)=O)CC1)C(=O)OCC. The third-order valence-electron chi connectivity index (χ3n) is 3.56. The van der Waals surface area contributed by atoms with Crippen LogP contribution in [-0.2, 0) is 19.6 Å². The highest BCUT2D eigenvalue weighted by atomic mass is 32.2. The molecule has 0 aromatic carbocycles. The number of hydrogen-bond donors (Lipinski definition) is 1. The minimum atomic E-state index is -3.09. The quantitative estimate of drug-likeness (QED) is 0.607. The van der Waals surface area contributed by atoms with Gasteiger partial charge in [-0.2, -0.15) is 4.31 Å². The summed E-state index contributed by atoms with van der Waals surface area (Å²) in [6, 6.07) is -0.289. The third kappa shape index (κ3) is 6.29. The van der Waals surface area contributed by atoms with Crippen LogP contribution in [0.25, 0.3) is 0 Å². The van der Waals surface area contributed by atoms with Gasteiger partial charge in [0.05, 0.1) is 12.9 Å². The largest absolute Gasteiger partial charge is 0.465 e. The van der Waals surface area contributed by atoms with E-state index in [1.54, 1.807) is 6.92 Å². The molecule has 8 heteroatoms. The van der Waals surface area contributed by atoms with E-state index in [2.05, 4.69) is 10.2 Å². The van der Waals surface area contributed by atoms with E-state index in [4.69, 9.17) is 4.74 Å². The van der Waals surface area contributed by atoms with Crippen LogP contribution in [0.5, 0.6) is 0 Å². The van der Waals surface area contributed by atoms with Crippen LogP contribution < -0.4 is 5.32 Å². The molecular formula is C13H27N3O4S. The first-order chi connectivity index (χ1) is 9.88. The summed E-state index contributed by atoms with van der Waals surface area (Å²) in [4.78, 5) is 14.0. The summed E-state index contributed by atoms with van der Waals surface area (Å²) in [5, 5.41) is 3.13. The van der Waals surface area contributed by atoms with Crippen molar-refractivity contribution in [2.24, 2.45) is 0 Å². The van der Waals surface area contributed by atoms with Crippen LogP contribution in [0, 0.1) is 0 Å². The first-order valence-corrected chi connectivity index (χ1v) is 9.30. The number of hydrogen-bond acceptors (Lipinski definition) is 6. The van der Waals surface area contributed by atoms with E-state index in [1.807, 2.05) is 6.92 Å². The Morgan fingerprint density at radius 3 is 2.33 bits per heavy atom. The Morgan fingerprint density at radius 2 is 1.86 bits per heavy atom. The average molecular weight is 321 g/mol. The molecule has 1 atom stereocenters. The Labute approximate surface area is 127 Å². The number of piperazine rings is 1. The molecule has 0 aromatic heterocycles. The second kappa shape index (κ2) is 8.67. The number of nitrogens with zero attached hydrogens (tertiary/aromatic N) is 2. The highest BCUT2D eigenvalue weighted by molar-refractivity contribution is 7.88. The van der Waals surface area contributed by atoms with Crippen molar-refractivity contribution in [1.29, 1.82) is 0 Å². The van der Waals surface area contributed by atoms with Crippen molar-refractivity contribution in [2.75, 3.05) is 52.1 Å². The molecule has 1 unspecified atom stereocenters. The molecule has 1 fully saturated rings. The molecular weight excluding hydrogens is 294 g/mol. The van der Waals surface area contributed by atoms with Gasteiger partial charge >= 0.3 is 5.97 Å². The van der Waals surface area contributed by atoms with Crippen molar-refractivity contribution in [2.45, 2.75) is 26.3 Å². The number of esters is 1. The molecule has 1 N–H and O–H groups in total. The molecule has 124 valence electrons. The number of carbonyl (C=O) groups is 1. The number of ether oxygens (including phenoxy) is 1. The lowest BCUT2D eigenvalue weighted by Gasteiger charge is -2.33. The molecule has 1 aliphatic heterocycles. The van der Waals surface area contributed by atoms with Gasteiger partial charge in [-0.15, -0.1) is 0 Å². The molecule has 0 aliphatic carbocycles. The fourth-order valence-corrected chi connectivity index (χ4v) is 3.22. The van der Waals surface area contributed by atoms with Crippen LogP contribution in [-0.4, -0.2) is 81.8 Å². The van der Waals surface area contributed by atoms with Gasteiger partial charge in [0, 0.05) is 32.7 Å².